The lowest BCUT2D eigenvalue weighted by Gasteiger charge is -2.19. The topological polar surface area (TPSA) is 62.1 Å². The van der Waals surface area contributed by atoms with Gasteiger partial charge in [-0.05, 0) is 13.0 Å². The number of rotatable bonds is 11. The summed E-state index contributed by atoms with van der Waals surface area (Å²) >= 11 is 0. The van der Waals surface area contributed by atoms with E-state index in [9.17, 15) is 9.81 Å². The Balaban J connectivity index is 3.58. The fraction of sp³-hybridized carbons (Fsp3) is 1.00. The fourth-order valence-corrected chi connectivity index (χ4v) is 1.46. The molecule has 0 rings (SSSR count). The SMILES string of the molecule is CCCCCCN(CCN=O)CCN=O. The van der Waals surface area contributed by atoms with Crippen LogP contribution in [0.5, 0.6) is 0 Å². The smallest absolute Gasteiger partial charge is 0.0938 e. The normalized spacial score (nSPS) is 10.5. The predicted molar refractivity (Wildman–Crippen MR) is 61.9 cm³/mol. The van der Waals surface area contributed by atoms with Gasteiger partial charge in [0.25, 0.3) is 0 Å². The van der Waals surface area contributed by atoms with Crippen molar-refractivity contribution in [1.29, 1.82) is 0 Å². The lowest BCUT2D eigenvalue weighted by molar-refractivity contribution is 0.281. The Hall–Kier alpha value is -0.840. The van der Waals surface area contributed by atoms with Gasteiger partial charge >= 0.3 is 0 Å². The fourth-order valence-electron chi connectivity index (χ4n) is 1.46. The quantitative estimate of drug-likeness (QED) is 0.392. The lowest BCUT2D eigenvalue weighted by atomic mass is 10.2. The summed E-state index contributed by atoms with van der Waals surface area (Å²) < 4.78 is 0. The molecule has 0 aliphatic heterocycles. The molecule has 0 N–H and O–H groups in total. The number of hydrogen-bond acceptors (Lipinski definition) is 5. The van der Waals surface area contributed by atoms with Gasteiger partial charge in [-0.25, -0.2) is 0 Å². The van der Waals surface area contributed by atoms with Crippen molar-refractivity contribution >= 4 is 0 Å². The predicted octanol–water partition coefficient (Wildman–Crippen LogP) is 2.40. The summed E-state index contributed by atoms with van der Waals surface area (Å²) in [5.41, 5.74) is 0. The summed E-state index contributed by atoms with van der Waals surface area (Å²) in [5, 5.41) is 5.66. The molecule has 0 atom stereocenters. The third kappa shape index (κ3) is 9.46. The molecule has 0 heterocycles. The van der Waals surface area contributed by atoms with Gasteiger partial charge in [-0.15, -0.1) is 0 Å². The maximum absolute atomic E-state index is 10.00. The van der Waals surface area contributed by atoms with E-state index in [0.29, 0.717) is 26.2 Å². The molecule has 0 aromatic carbocycles. The van der Waals surface area contributed by atoms with Gasteiger partial charge < -0.3 is 0 Å². The van der Waals surface area contributed by atoms with Gasteiger partial charge in [0.05, 0.1) is 13.1 Å². The molecule has 0 amide bonds. The van der Waals surface area contributed by atoms with Crippen molar-refractivity contribution < 1.29 is 0 Å². The highest BCUT2D eigenvalue weighted by molar-refractivity contribution is 4.61. The summed E-state index contributed by atoms with van der Waals surface area (Å²) in [5.74, 6) is 0. The first-order chi connectivity index (χ1) is 7.35. The Kier molecular flexibility index (Phi) is 10.6. The Bertz CT molecular complexity index is 153. The second-order valence-corrected chi connectivity index (χ2v) is 3.61. The molecule has 0 unspecified atom stereocenters. The lowest BCUT2D eigenvalue weighted by Crippen LogP contribution is -2.30. The molecular formula is C10H21N3O2. The van der Waals surface area contributed by atoms with Gasteiger partial charge in [-0.1, -0.05) is 36.5 Å². The molecule has 0 aromatic rings. The van der Waals surface area contributed by atoms with Crippen LogP contribution in [0.2, 0.25) is 0 Å². The highest BCUT2D eigenvalue weighted by Crippen LogP contribution is 2.01. The van der Waals surface area contributed by atoms with Crippen molar-refractivity contribution in [1.82, 2.24) is 4.90 Å². The summed E-state index contributed by atoms with van der Waals surface area (Å²) in [6.45, 7) is 4.99. The Morgan fingerprint density at radius 1 is 0.867 bits per heavy atom. The van der Waals surface area contributed by atoms with Crippen LogP contribution in [0.4, 0.5) is 0 Å². The van der Waals surface area contributed by atoms with Gasteiger partial charge in [-0.2, -0.15) is 9.81 Å². The number of hydrogen-bond donors (Lipinski definition) is 0. The van der Waals surface area contributed by atoms with Crippen LogP contribution < -0.4 is 0 Å². The zero-order chi connectivity index (χ0) is 11.4. The summed E-state index contributed by atoms with van der Waals surface area (Å²) in [6, 6.07) is 0. The van der Waals surface area contributed by atoms with E-state index in [0.717, 1.165) is 13.0 Å². The van der Waals surface area contributed by atoms with Crippen molar-refractivity contribution in [3.05, 3.63) is 9.81 Å². The second kappa shape index (κ2) is 11.2. The van der Waals surface area contributed by atoms with Gasteiger partial charge in [0, 0.05) is 13.1 Å². The molecule has 0 aliphatic rings. The first-order valence-electron chi connectivity index (χ1n) is 5.65. The zero-order valence-corrected chi connectivity index (χ0v) is 9.52. The molecule has 0 radical (unpaired) electrons. The monoisotopic (exact) mass is 215 g/mol. The molecule has 15 heavy (non-hydrogen) atoms. The highest BCUT2D eigenvalue weighted by Gasteiger charge is 2.03. The van der Waals surface area contributed by atoms with Crippen LogP contribution >= 0.6 is 0 Å². The molecule has 0 fully saturated rings. The van der Waals surface area contributed by atoms with E-state index in [1.165, 1.54) is 19.3 Å². The maximum atomic E-state index is 10.00. The molecule has 0 aliphatic carbocycles. The molecule has 0 saturated carbocycles. The average molecular weight is 215 g/mol. The molecular weight excluding hydrogens is 194 g/mol. The van der Waals surface area contributed by atoms with Crippen LogP contribution in [0.1, 0.15) is 32.6 Å². The van der Waals surface area contributed by atoms with Crippen LogP contribution in [0.25, 0.3) is 0 Å². The number of nitrogens with zero attached hydrogens (tertiary/aromatic N) is 3. The minimum absolute atomic E-state index is 0.298. The first kappa shape index (κ1) is 14.2. The van der Waals surface area contributed by atoms with E-state index in [1.54, 1.807) is 0 Å². The van der Waals surface area contributed by atoms with E-state index in [2.05, 4.69) is 22.2 Å². The summed E-state index contributed by atoms with van der Waals surface area (Å²) in [6.07, 6.45) is 4.78. The van der Waals surface area contributed by atoms with E-state index in [4.69, 9.17) is 0 Å². The standard InChI is InChI=1S/C10H21N3O2/c1-2-3-4-5-8-13(9-6-11-14)10-7-12-15/h2-10H2,1H3. The average Bonchev–Trinajstić information content (AvgIpc) is 2.27. The minimum atomic E-state index is 0.298. The van der Waals surface area contributed by atoms with Crippen LogP contribution in [-0.4, -0.2) is 37.6 Å². The molecule has 5 heteroatoms. The summed E-state index contributed by atoms with van der Waals surface area (Å²) in [4.78, 5) is 22.1. The van der Waals surface area contributed by atoms with Gasteiger partial charge in [-0.3, -0.25) is 4.90 Å². The van der Waals surface area contributed by atoms with Crippen molar-refractivity contribution in [3.8, 4) is 0 Å². The highest BCUT2D eigenvalue weighted by atomic mass is 16.3. The number of nitroso groups, excluding NO2 is 2. The third-order valence-electron chi connectivity index (χ3n) is 2.34. The van der Waals surface area contributed by atoms with Crippen molar-refractivity contribution in [3.63, 3.8) is 0 Å². The zero-order valence-electron chi connectivity index (χ0n) is 9.52. The van der Waals surface area contributed by atoms with Gasteiger partial charge in [0.1, 0.15) is 0 Å². The molecule has 5 nitrogen and oxygen atoms in total. The van der Waals surface area contributed by atoms with Gasteiger partial charge in [0.2, 0.25) is 0 Å². The third-order valence-corrected chi connectivity index (χ3v) is 2.34. The molecule has 0 aromatic heterocycles. The molecule has 0 bridgehead atoms. The molecule has 0 spiro atoms. The molecule has 88 valence electrons. The van der Waals surface area contributed by atoms with Crippen molar-refractivity contribution in [2.75, 3.05) is 32.7 Å². The first-order valence-corrected chi connectivity index (χ1v) is 5.65. The molecule has 0 saturated heterocycles. The number of unbranched alkanes of at least 4 members (excludes halogenated alkanes) is 3. The van der Waals surface area contributed by atoms with E-state index < -0.39 is 0 Å². The largest absolute Gasteiger partial charge is 0.299 e. The van der Waals surface area contributed by atoms with Crippen LogP contribution in [-0.2, 0) is 0 Å². The Morgan fingerprint density at radius 2 is 1.47 bits per heavy atom. The van der Waals surface area contributed by atoms with Crippen LogP contribution in [0, 0.1) is 9.81 Å². The van der Waals surface area contributed by atoms with E-state index >= 15 is 0 Å². The van der Waals surface area contributed by atoms with Gasteiger partial charge in [0.15, 0.2) is 0 Å². The minimum Gasteiger partial charge on any atom is -0.299 e. The van der Waals surface area contributed by atoms with Crippen molar-refractivity contribution in [2.45, 2.75) is 32.6 Å². The van der Waals surface area contributed by atoms with E-state index in [-0.39, 0.29) is 0 Å². The second-order valence-electron chi connectivity index (χ2n) is 3.61. The summed E-state index contributed by atoms with van der Waals surface area (Å²) in [7, 11) is 0. The van der Waals surface area contributed by atoms with Crippen LogP contribution in [0.15, 0.2) is 10.4 Å². The Morgan fingerprint density at radius 3 is 1.93 bits per heavy atom. The van der Waals surface area contributed by atoms with E-state index in [1.807, 2.05) is 0 Å². The van der Waals surface area contributed by atoms with Crippen LogP contribution in [0.3, 0.4) is 0 Å². The maximum Gasteiger partial charge on any atom is 0.0938 e. The van der Waals surface area contributed by atoms with Crippen molar-refractivity contribution in [2.24, 2.45) is 10.4 Å². The Labute approximate surface area is 91.2 Å².